The molecule has 0 saturated heterocycles. The van der Waals surface area contributed by atoms with Crippen LogP contribution in [0.5, 0.6) is 0 Å². The summed E-state index contributed by atoms with van der Waals surface area (Å²) in [6.07, 6.45) is 0.324. The summed E-state index contributed by atoms with van der Waals surface area (Å²) >= 11 is 0. The van der Waals surface area contributed by atoms with Gasteiger partial charge in [-0.3, -0.25) is 30.6 Å². The van der Waals surface area contributed by atoms with Gasteiger partial charge >= 0.3 is 0 Å². The topological polar surface area (TPSA) is 117 Å². The Balaban J connectivity index is 1.46. The van der Waals surface area contributed by atoms with E-state index in [1.807, 2.05) is 30.3 Å². The monoisotopic (exact) mass is 446 g/mol. The van der Waals surface area contributed by atoms with Crippen LogP contribution in [0.1, 0.15) is 22.3 Å². The first-order valence-corrected chi connectivity index (χ1v) is 10.1. The fourth-order valence-corrected chi connectivity index (χ4v) is 3.59. The number of nitro benzene ring substituents is 1. The van der Waals surface area contributed by atoms with Crippen molar-refractivity contribution >= 4 is 28.4 Å². The summed E-state index contributed by atoms with van der Waals surface area (Å²) in [6, 6.07) is 19.1. The molecule has 3 N–H and O–H groups in total. The standard InChI is InChI=1S/C24H19FN4O4/c25-17-9-11-21-20(14-17)19(23(26-21)15-5-2-1-3-6-15)10-12-22(30)27-28-24(31)16-7-4-8-18(13-16)29(32)33/h1-9,11,13-14,26H,10,12H2,(H,27,30)(H,28,31). The molecule has 0 radical (unpaired) electrons. The first-order valence-electron chi connectivity index (χ1n) is 10.1. The molecule has 0 aliphatic heterocycles. The van der Waals surface area contributed by atoms with Gasteiger partial charge in [0.1, 0.15) is 5.82 Å². The predicted octanol–water partition coefficient (Wildman–Crippen LogP) is 4.28. The molecule has 1 heterocycles. The second kappa shape index (κ2) is 9.31. The van der Waals surface area contributed by atoms with E-state index in [0.717, 1.165) is 28.4 Å². The molecule has 33 heavy (non-hydrogen) atoms. The van der Waals surface area contributed by atoms with Gasteiger partial charge in [-0.05, 0) is 41.8 Å². The molecule has 0 aliphatic rings. The van der Waals surface area contributed by atoms with Crippen LogP contribution in [0.4, 0.5) is 10.1 Å². The van der Waals surface area contributed by atoms with Crippen molar-refractivity contribution in [3.8, 4) is 11.3 Å². The summed E-state index contributed by atoms with van der Waals surface area (Å²) in [4.78, 5) is 38.1. The number of nitrogens with zero attached hydrogens (tertiary/aromatic N) is 1. The number of nitrogens with one attached hydrogen (secondary N) is 3. The molecule has 0 saturated carbocycles. The van der Waals surface area contributed by atoms with E-state index in [-0.39, 0.29) is 23.5 Å². The molecule has 4 aromatic rings. The molecule has 9 heteroatoms. The largest absolute Gasteiger partial charge is 0.354 e. The maximum Gasteiger partial charge on any atom is 0.270 e. The molecular weight excluding hydrogens is 427 g/mol. The summed E-state index contributed by atoms with van der Waals surface area (Å²) in [5.41, 5.74) is 7.64. The van der Waals surface area contributed by atoms with Crippen molar-refractivity contribution in [1.29, 1.82) is 0 Å². The first-order chi connectivity index (χ1) is 15.9. The zero-order valence-electron chi connectivity index (χ0n) is 17.3. The number of halogens is 1. The average Bonchev–Trinajstić information content (AvgIpc) is 3.19. The number of benzene rings is 3. The molecule has 166 valence electrons. The van der Waals surface area contributed by atoms with Gasteiger partial charge in [0.05, 0.1) is 4.92 Å². The molecule has 3 aromatic carbocycles. The van der Waals surface area contributed by atoms with E-state index in [2.05, 4.69) is 15.8 Å². The lowest BCUT2D eigenvalue weighted by molar-refractivity contribution is -0.384. The molecule has 0 atom stereocenters. The second-order valence-electron chi connectivity index (χ2n) is 7.34. The lowest BCUT2D eigenvalue weighted by Crippen LogP contribution is -2.41. The minimum Gasteiger partial charge on any atom is -0.354 e. The van der Waals surface area contributed by atoms with Crippen molar-refractivity contribution in [2.75, 3.05) is 0 Å². The van der Waals surface area contributed by atoms with E-state index in [9.17, 15) is 24.1 Å². The third-order valence-electron chi connectivity index (χ3n) is 5.17. The third kappa shape index (κ3) is 4.87. The van der Waals surface area contributed by atoms with E-state index in [1.54, 1.807) is 6.07 Å². The predicted molar refractivity (Wildman–Crippen MR) is 121 cm³/mol. The number of aromatic nitrogens is 1. The minimum atomic E-state index is -0.675. The van der Waals surface area contributed by atoms with Crippen molar-refractivity contribution in [1.82, 2.24) is 15.8 Å². The Hall–Kier alpha value is -4.53. The Labute approximate surface area is 187 Å². The number of carbonyl (C=O) groups is 2. The van der Waals surface area contributed by atoms with Gasteiger partial charge in [0.25, 0.3) is 11.6 Å². The van der Waals surface area contributed by atoms with E-state index >= 15 is 0 Å². The molecule has 8 nitrogen and oxygen atoms in total. The van der Waals surface area contributed by atoms with Crippen molar-refractivity contribution in [2.24, 2.45) is 0 Å². The first kappa shape index (κ1) is 21.7. The van der Waals surface area contributed by atoms with Crippen LogP contribution >= 0.6 is 0 Å². The highest BCUT2D eigenvalue weighted by Gasteiger charge is 2.16. The highest BCUT2D eigenvalue weighted by Crippen LogP contribution is 2.31. The van der Waals surface area contributed by atoms with Gasteiger partial charge in [0, 0.05) is 40.7 Å². The van der Waals surface area contributed by atoms with Gasteiger partial charge in [-0.1, -0.05) is 36.4 Å². The molecular formula is C24H19FN4O4. The molecule has 0 spiro atoms. The van der Waals surface area contributed by atoms with Crippen molar-refractivity contribution in [3.63, 3.8) is 0 Å². The Morgan fingerprint density at radius 1 is 0.970 bits per heavy atom. The van der Waals surface area contributed by atoms with Gasteiger partial charge in [0.2, 0.25) is 5.91 Å². The van der Waals surface area contributed by atoms with Crippen LogP contribution < -0.4 is 10.9 Å². The molecule has 0 unspecified atom stereocenters. The van der Waals surface area contributed by atoms with E-state index in [4.69, 9.17) is 0 Å². The van der Waals surface area contributed by atoms with Crippen LogP contribution in [0.25, 0.3) is 22.2 Å². The highest BCUT2D eigenvalue weighted by molar-refractivity contribution is 5.96. The van der Waals surface area contributed by atoms with Gasteiger partial charge in [0.15, 0.2) is 0 Å². The van der Waals surface area contributed by atoms with Crippen molar-refractivity contribution in [3.05, 3.63) is 99.9 Å². The number of non-ortho nitro benzene ring substituents is 1. The van der Waals surface area contributed by atoms with E-state index in [1.165, 1.54) is 30.3 Å². The van der Waals surface area contributed by atoms with Crippen LogP contribution in [-0.2, 0) is 11.2 Å². The SMILES string of the molecule is O=C(CCc1c(-c2ccccc2)[nH]c2ccc(F)cc12)NNC(=O)c1cccc([N+](=O)[O-])c1. The van der Waals surface area contributed by atoms with Crippen molar-refractivity contribution in [2.45, 2.75) is 12.8 Å². The lowest BCUT2D eigenvalue weighted by atomic mass is 10.0. The van der Waals surface area contributed by atoms with E-state index in [0.29, 0.717) is 11.8 Å². The summed E-state index contributed by atoms with van der Waals surface area (Å²) in [5, 5.41) is 11.5. The number of carbonyl (C=O) groups excluding carboxylic acids is 2. The smallest absolute Gasteiger partial charge is 0.270 e. The number of rotatable bonds is 6. The number of H-pyrrole nitrogens is 1. The van der Waals surface area contributed by atoms with Crippen LogP contribution in [0, 0.1) is 15.9 Å². The average molecular weight is 446 g/mol. The molecule has 0 bridgehead atoms. The maximum absolute atomic E-state index is 13.9. The highest BCUT2D eigenvalue weighted by atomic mass is 19.1. The Morgan fingerprint density at radius 3 is 2.52 bits per heavy atom. The summed E-state index contributed by atoms with van der Waals surface area (Å²) in [5.74, 6) is -1.51. The quantitative estimate of drug-likeness (QED) is 0.303. The second-order valence-corrected chi connectivity index (χ2v) is 7.34. The number of nitro groups is 1. The van der Waals surface area contributed by atoms with Gasteiger partial charge in [-0.15, -0.1) is 0 Å². The van der Waals surface area contributed by atoms with Crippen molar-refractivity contribution < 1.29 is 18.9 Å². The van der Waals surface area contributed by atoms with E-state index < -0.39 is 16.7 Å². The Bertz CT molecular complexity index is 1350. The van der Waals surface area contributed by atoms with Gasteiger partial charge in [-0.2, -0.15) is 0 Å². The number of amides is 2. The summed E-state index contributed by atoms with van der Waals surface area (Å²) in [6.45, 7) is 0. The summed E-state index contributed by atoms with van der Waals surface area (Å²) < 4.78 is 13.9. The number of fused-ring (bicyclic) bond motifs is 1. The number of aryl methyl sites for hydroxylation is 1. The minimum absolute atomic E-state index is 0.0263. The molecule has 0 fully saturated rings. The zero-order chi connectivity index (χ0) is 23.4. The fourth-order valence-electron chi connectivity index (χ4n) is 3.59. The lowest BCUT2D eigenvalue weighted by Gasteiger charge is -2.09. The van der Waals surface area contributed by atoms with Gasteiger partial charge < -0.3 is 4.98 Å². The maximum atomic E-state index is 13.9. The Kier molecular flexibility index (Phi) is 6.12. The zero-order valence-corrected chi connectivity index (χ0v) is 17.3. The van der Waals surface area contributed by atoms with Crippen LogP contribution in [0.15, 0.2) is 72.8 Å². The van der Waals surface area contributed by atoms with Crippen LogP contribution in [-0.4, -0.2) is 21.7 Å². The Morgan fingerprint density at radius 2 is 1.76 bits per heavy atom. The molecule has 4 rings (SSSR count). The number of hydrazine groups is 1. The van der Waals surface area contributed by atoms with Crippen LogP contribution in [0.2, 0.25) is 0 Å². The summed E-state index contributed by atoms with van der Waals surface area (Å²) in [7, 11) is 0. The van der Waals surface area contributed by atoms with Crippen LogP contribution in [0.3, 0.4) is 0 Å². The number of hydrogen-bond acceptors (Lipinski definition) is 4. The van der Waals surface area contributed by atoms with Gasteiger partial charge in [-0.25, -0.2) is 4.39 Å². The molecule has 1 aromatic heterocycles. The third-order valence-corrected chi connectivity index (χ3v) is 5.17. The molecule has 0 aliphatic carbocycles. The fraction of sp³-hybridized carbons (Fsp3) is 0.0833. The number of hydrogen-bond donors (Lipinski definition) is 3. The number of aromatic amines is 1. The normalized spacial score (nSPS) is 10.7. The molecule has 2 amide bonds.